The number of thiazole rings is 1. The normalized spacial score (nSPS) is 10.9. The van der Waals surface area contributed by atoms with Crippen LogP contribution in [-0.4, -0.2) is 14.5 Å². The van der Waals surface area contributed by atoms with E-state index in [4.69, 9.17) is 0 Å². The van der Waals surface area contributed by atoms with E-state index in [9.17, 15) is 0 Å². The molecule has 0 saturated carbocycles. The number of nitrogens with zero attached hydrogens (tertiary/aromatic N) is 3. The van der Waals surface area contributed by atoms with Crippen molar-refractivity contribution in [3.8, 4) is 0 Å². The average molecular weight is 221 g/mol. The van der Waals surface area contributed by atoms with Crippen LogP contribution in [0.4, 0.5) is 0 Å². The Morgan fingerprint density at radius 2 is 2.00 bits per heavy atom. The maximum atomic E-state index is 4.29. The third kappa shape index (κ3) is 2.09. The highest BCUT2D eigenvalue weighted by atomic mass is 32.1. The van der Waals surface area contributed by atoms with Crippen LogP contribution in [-0.2, 0) is 13.0 Å². The second-order valence-electron chi connectivity index (χ2n) is 3.72. The molecule has 0 aliphatic heterocycles. The van der Waals surface area contributed by atoms with Gasteiger partial charge in [0.2, 0.25) is 0 Å². The molecular weight excluding hydrogens is 206 g/mol. The van der Waals surface area contributed by atoms with Crippen molar-refractivity contribution in [3.63, 3.8) is 0 Å². The van der Waals surface area contributed by atoms with Gasteiger partial charge in [0.25, 0.3) is 0 Å². The van der Waals surface area contributed by atoms with Gasteiger partial charge in [0.1, 0.15) is 0 Å². The molecule has 0 aromatic carbocycles. The summed E-state index contributed by atoms with van der Waals surface area (Å²) in [5, 5.41) is 0. The largest absolute Gasteiger partial charge is 0.334 e. The third-order valence-corrected chi connectivity index (χ3v) is 3.76. The molecule has 0 fully saturated rings. The van der Waals surface area contributed by atoms with E-state index >= 15 is 0 Å². The van der Waals surface area contributed by atoms with Crippen molar-refractivity contribution < 1.29 is 0 Å². The van der Waals surface area contributed by atoms with Gasteiger partial charge in [-0.3, -0.25) is 0 Å². The minimum atomic E-state index is 0.996. The monoisotopic (exact) mass is 221 g/mol. The SMILES string of the molecule is Cc1ncsc1CCn1cnc(C)c1C. The van der Waals surface area contributed by atoms with Crippen molar-refractivity contribution in [2.24, 2.45) is 0 Å². The lowest BCUT2D eigenvalue weighted by Crippen LogP contribution is -2.02. The first kappa shape index (κ1) is 10.4. The second kappa shape index (κ2) is 4.14. The minimum Gasteiger partial charge on any atom is -0.334 e. The van der Waals surface area contributed by atoms with E-state index in [2.05, 4.69) is 28.4 Å². The van der Waals surface area contributed by atoms with Crippen molar-refractivity contribution in [2.45, 2.75) is 33.7 Å². The molecule has 0 saturated heterocycles. The van der Waals surface area contributed by atoms with E-state index < -0.39 is 0 Å². The van der Waals surface area contributed by atoms with Crippen LogP contribution in [0.5, 0.6) is 0 Å². The molecule has 0 radical (unpaired) electrons. The standard InChI is InChI=1S/C11H15N3S/c1-8-10(3)14(6-12-8)5-4-11-9(2)13-7-15-11/h6-7H,4-5H2,1-3H3. The highest BCUT2D eigenvalue weighted by Crippen LogP contribution is 2.14. The molecule has 2 aromatic heterocycles. The van der Waals surface area contributed by atoms with Crippen molar-refractivity contribution in [1.29, 1.82) is 0 Å². The summed E-state index contributed by atoms with van der Waals surface area (Å²) < 4.78 is 2.20. The summed E-state index contributed by atoms with van der Waals surface area (Å²) in [6.07, 6.45) is 2.97. The lowest BCUT2D eigenvalue weighted by molar-refractivity contribution is 0.679. The Balaban J connectivity index is 2.05. The zero-order chi connectivity index (χ0) is 10.8. The lowest BCUT2D eigenvalue weighted by atomic mass is 10.3. The van der Waals surface area contributed by atoms with Crippen molar-refractivity contribution >= 4 is 11.3 Å². The molecule has 2 heterocycles. The number of hydrogen-bond acceptors (Lipinski definition) is 3. The molecule has 2 rings (SSSR count). The number of aryl methyl sites for hydroxylation is 4. The lowest BCUT2D eigenvalue weighted by Gasteiger charge is -2.04. The Morgan fingerprint density at radius 3 is 2.53 bits per heavy atom. The molecule has 0 spiro atoms. The van der Waals surface area contributed by atoms with Crippen LogP contribution in [0.3, 0.4) is 0 Å². The highest BCUT2D eigenvalue weighted by molar-refractivity contribution is 7.09. The Morgan fingerprint density at radius 1 is 1.20 bits per heavy atom. The van der Waals surface area contributed by atoms with Gasteiger partial charge < -0.3 is 4.57 Å². The summed E-state index contributed by atoms with van der Waals surface area (Å²) in [4.78, 5) is 9.92. The molecule has 0 unspecified atom stereocenters. The summed E-state index contributed by atoms with van der Waals surface area (Å²) in [6, 6.07) is 0. The van der Waals surface area contributed by atoms with E-state index in [1.807, 2.05) is 18.8 Å². The smallest absolute Gasteiger partial charge is 0.0951 e. The molecule has 0 bridgehead atoms. The van der Waals surface area contributed by atoms with Gasteiger partial charge >= 0.3 is 0 Å². The first-order valence-corrected chi connectivity index (χ1v) is 5.93. The fourth-order valence-electron chi connectivity index (χ4n) is 1.56. The van der Waals surface area contributed by atoms with Crippen LogP contribution in [0.15, 0.2) is 11.8 Å². The van der Waals surface area contributed by atoms with Crippen LogP contribution in [0.2, 0.25) is 0 Å². The zero-order valence-electron chi connectivity index (χ0n) is 9.32. The number of hydrogen-bond donors (Lipinski definition) is 0. The van der Waals surface area contributed by atoms with Gasteiger partial charge in [-0.25, -0.2) is 9.97 Å². The minimum absolute atomic E-state index is 0.996. The van der Waals surface area contributed by atoms with Crippen LogP contribution < -0.4 is 0 Å². The molecule has 2 aromatic rings. The van der Waals surface area contributed by atoms with Gasteiger partial charge in [0.05, 0.1) is 23.2 Å². The zero-order valence-corrected chi connectivity index (χ0v) is 10.1. The van der Waals surface area contributed by atoms with Gasteiger partial charge in [-0.15, -0.1) is 11.3 Å². The van der Waals surface area contributed by atoms with E-state index in [1.165, 1.54) is 10.6 Å². The molecule has 3 nitrogen and oxygen atoms in total. The Bertz CT molecular complexity index is 456. The quantitative estimate of drug-likeness (QED) is 0.797. The predicted molar refractivity (Wildman–Crippen MR) is 62.3 cm³/mol. The summed E-state index contributed by atoms with van der Waals surface area (Å²) in [5.74, 6) is 0. The van der Waals surface area contributed by atoms with Crippen LogP contribution >= 0.6 is 11.3 Å². The first-order valence-electron chi connectivity index (χ1n) is 5.06. The van der Waals surface area contributed by atoms with E-state index in [0.717, 1.165) is 24.4 Å². The number of rotatable bonds is 3. The fraction of sp³-hybridized carbons (Fsp3) is 0.455. The molecule has 15 heavy (non-hydrogen) atoms. The molecule has 0 atom stereocenters. The molecule has 0 aliphatic carbocycles. The van der Waals surface area contributed by atoms with Gasteiger partial charge in [0, 0.05) is 23.5 Å². The van der Waals surface area contributed by atoms with Gasteiger partial charge in [-0.2, -0.15) is 0 Å². The summed E-state index contributed by atoms with van der Waals surface area (Å²) in [5.41, 5.74) is 5.46. The number of imidazole rings is 1. The fourth-order valence-corrected chi connectivity index (χ4v) is 2.33. The van der Waals surface area contributed by atoms with E-state index in [-0.39, 0.29) is 0 Å². The molecule has 0 amide bonds. The van der Waals surface area contributed by atoms with Crippen LogP contribution in [0.25, 0.3) is 0 Å². The third-order valence-electron chi connectivity index (χ3n) is 2.77. The highest BCUT2D eigenvalue weighted by Gasteiger charge is 2.04. The van der Waals surface area contributed by atoms with Gasteiger partial charge in [-0.1, -0.05) is 0 Å². The molecule has 4 heteroatoms. The van der Waals surface area contributed by atoms with Crippen molar-refractivity contribution in [2.75, 3.05) is 0 Å². The Hall–Kier alpha value is -1.16. The first-order chi connectivity index (χ1) is 7.18. The molecule has 0 N–H and O–H groups in total. The van der Waals surface area contributed by atoms with Gasteiger partial charge in [-0.05, 0) is 20.8 Å². The molecule has 80 valence electrons. The van der Waals surface area contributed by atoms with Crippen LogP contribution in [0.1, 0.15) is 22.0 Å². The van der Waals surface area contributed by atoms with E-state index in [0.29, 0.717) is 0 Å². The summed E-state index contributed by atoms with van der Waals surface area (Å²) >= 11 is 1.74. The summed E-state index contributed by atoms with van der Waals surface area (Å²) in [6.45, 7) is 7.22. The topological polar surface area (TPSA) is 30.7 Å². The van der Waals surface area contributed by atoms with E-state index in [1.54, 1.807) is 11.3 Å². The maximum Gasteiger partial charge on any atom is 0.0951 e. The maximum absolute atomic E-state index is 4.29. The summed E-state index contributed by atoms with van der Waals surface area (Å²) in [7, 11) is 0. The van der Waals surface area contributed by atoms with Crippen molar-refractivity contribution in [3.05, 3.63) is 33.8 Å². The van der Waals surface area contributed by atoms with Crippen molar-refractivity contribution in [1.82, 2.24) is 14.5 Å². The Labute approximate surface area is 93.8 Å². The molecule has 0 aliphatic rings. The van der Waals surface area contributed by atoms with Gasteiger partial charge in [0.15, 0.2) is 0 Å². The molecular formula is C11H15N3S. The average Bonchev–Trinajstić information content (AvgIpc) is 2.74. The van der Waals surface area contributed by atoms with Crippen LogP contribution in [0, 0.1) is 20.8 Å². The number of aromatic nitrogens is 3. The predicted octanol–water partition coefficient (Wildman–Crippen LogP) is 2.51. The second-order valence-corrected chi connectivity index (χ2v) is 4.66. The Kier molecular flexibility index (Phi) is 2.86.